The lowest BCUT2D eigenvalue weighted by atomic mass is 10.0. The van der Waals surface area contributed by atoms with E-state index in [1.165, 1.54) is 28.8 Å². The molecule has 10 heteroatoms. The zero-order chi connectivity index (χ0) is 30.5. The number of rotatable bonds is 7. The Morgan fingerprint density at radius 1 is 1.05 bits per heavy atom. The molecule has 5 aromatic rings. The van der Waals surface area contributed by atoms with E-state index in [9.17, 15) is 19.2 Å². The summed E-state index contributed by atoms with van der Waals surface area (Å²) in [6.07, 6.45) is 3.59. The van der Waals surface area contributed by atoms with Gasteiger partial charge in [0.25, 0.3) is 11.8 Å². The van der Waals surface area contributed by atoms with Crippen molar-refractivity contribution in [3.8, 4) is 17.9 Å². The van der Waals surface area contributed by atoms with Gasteiger partial charge in [0.1, 0.15) is 34.6 Å². The van der Waals surface area contributed by atoms with Gasteiger partial charge in [-0.3, -0.25) is 14.0 Å². The van der Waals surface area contributed by atoms with Gasteiger partial charge >= 0.3 is 0 Å². The van der Waals surface area contributed by atoms with Gasteiger partial charge < -0.3 is 15.2 Å². The van der Waals surface area contributed by atoms with Crippen LogP contribution in [0.2, 0.25) is 5.02 Å². The Hall–Kier alpha value is -5.38. The molecule has 43 heavy (non-hydrogen) atoms. The molecule has 2 amide bonds. The summed E-state index contributed by atoms with van der Waals surface area (Å²) in [7, 11) is 0. The molecule has 1 unspecified atom stereocenters. The Bertz CT molecular complexity index is 1940. The van der Waals surface area contributed by atoms with Gasteiger partial charge in [0.05, 0.1) is 12.2 Å². The van der Waals surface area contributed by atoms with E-state index in [4.69, 9.17) is 11.6 Å². The summed E-state index contributed by atoms with van der Waals surface area (Å²) in [6, 6.07) is 19.7. The van der Waals surface area contributed by atoms with Crippen LogP contribution in [-0.2, 0) is 6.54 Å². The fourth-order valence-electron chi connectivity index (χ4n) is 4.71. The number of fused-ring (bicyclic) bond motifs is 1. The minimum absolute atomic E-state index is 0.147. The average molecular weight is 593 g/mol. The van der Waals surface area contributed by atoms with E-state index in [0.29, 0.717) is 11.1 Å². The van der Waals surface area contributed by atoms with Gasteiger partial charge in [0, 0.05) is 41.0 Å². The summed E-state index contributed by atoms with van der Waals surface area (Å²) in [6.45, 7) is 3.85. The fraction of sp³-hybridized carbons (Fsp3) is 0.152. The molecule has 2 N–H and O–H groups in total. The van der Waals surface area contributed by atoms with E-state index >= 15 is 0 Å². The Morgan fingerprint density at radius 3 is 2.67 bits per heavy atom. The van der Waals surface area contributed by atoms with Gasteiger partial charge in [0.15, 0.2) is 0 Å². The Morgan fingerprint density at radius 2 is 1.88 bits per heavy atom. The first-order valence-corrected chi connectivity index (χ1v) is 13.8. The molecule has 1 atom stereocenters. The normalized spacial score (nSPS) is 11.3. The van der Waals surface area contributed by atoms with E-state index in [1.54, 1.807) is 31.3 Å². The van der Waals surface area contributed by atoms with Crippen molar-refractivity contribution in [3.63, 3.8) is 0 Å². The van der Waals surface area contributed by atoms with Crippen molar-refractivity contribution in [2.45, 2.75) is 26.4 Å². The van der Waals surface area contributed by atoms with Crippen LogP contribution in [0.4, 0.5) is 4.39 Å². The quantitative estimate of drug-likeness (QED) is 0.246. The summed E-state index contributed by atoms with van der Waals surface area (Å²) in [5.74, 6) is 4.91. The molecule has 0 bridgehead atoms. The number of aryl methyl sites for hydroxylation is 1. The number of nitriles is 1. The van der Waals surface area contributed by atoms with Gasteiger partial charge in [-0.25, -0.2) is 9.37 Å². The van der Waals surface area contributed by atoms with Gasteiger partial charge in [-0.2, -0.15) is 5.26 Å². The lowest BCUT2D eigenvalue weighted by Gasteiger charge is -2.18. The SMILES string of the molecule is Cc1ccc(C(=O)NCCn2c(C#N)ccc2C(=O)NC(C)c2c(F)cccc2Cl)cc1C#Cc1cnc2ccccn12. The molecule has 0 saturated carbocycles. The molecular formula is C33H26ClFN6O2. The van der Waals surface area contributed by atoms with Crippen molar-refractivity contribution in [2.75, 3.05) is 6.54 Å². The number of hydrogen-bond donors (Lipinski definition) is 2. The first-order valence-electron chi connectivity index (χ1n) is 13.4. The van der Waals surface area contributed by atoms with Gasteiger partial charge in [-0.1, -0.05) is 35.7 Å². The second-order valence-corrected chi connectivity index (χ2v) is 10.2. The number of halogens is 2. The predicted molar refractivity (Wildman–Crippen MR) is 161 cm³/mol. The summed E-state index contributed by atoms with van der Waals surface area (Å²) in [4.78, 5) is 30.5. The number of carbonyl (C=O) groups excluding carboxylic acids is 2. The molecule has 8 nitrogen and oxygen atoms in total. The monoisotopic (exact) mass is 592 g/mol. The molecule has 2 aromatic carbocycles. The van der Waals surface area contributed by atoms with E-state index in [2.05, 4.69) is 33.5 Å². The van der Waals surface area contributed by atoms with E-state index in [0.717, 1.165) is 16.9 Å². The zero-order valence-corrected chi connectivity index (χ0v) is 24.1. The summed E-state index contributed by atoms with van der Waals surface area (Å²) in [5, 5.41) is 15.4. The standard InChI is InChI=1S/C33H26ClFN6O2/c1-21-9-10-24(18-23(21)11-12-26-20-38-30-8-3-4-16-41(26)30)32(42)37-15-17-40-25(19-36)13-14-29(40)33(43)39-22(2)31-27(34)6-5-7-28(31)35/h3-10,13-14,16,18,20,22H,15,17H2,1-2H3,(H,37,42)(H,39,43). The maximum Gasteiger partial charge on any atom is 0.268 e. The minimum atomic E-state index is -0.721. The molecular weight excluding hydrogens is 567 g/mol. The summed E-state index contributed by atoms with van der Waals surface area (Å²) >= 11 is 6.15. The van der Waals surface area contributed by atoms with Crippen LogP contribution >= 0.6 is 11.6 Å². The highest BCUT2D eigenvalue weighted by molar-refractivity contribution is 6.31. The Balaban J connectivity index is 1.26. The third-order valence-electron chi connectivity index (χ3n) is 6.97. The van der Waals surface area contributed by atoms with Gasteiger partial charge in [0.2, 0.25) is 0 Å². The molecule has 214 valence electrons. The number of hydrogen-bond acceptors (Lipinski definition) is 4. The molecule has 0 aliphatic rings. The van der Waals surface area contributed by atoms with Crippen molar-refractivity contribution < 1.29 is 14.0 Å². The number of aromatic nitrogens is 3. The molecule has 3 heterocycles. The molecule has 0 aliphatic heterocycles. The molecule has 5 rings (SSSR count). The van der Waals surface area contributed by atoms with Crippen molar-refractivity contribution in [1.29, 1.82) is 5.26 Å². The second kappa shape index (κ2) is 12.6. The van der Waals surface area contributed by atoms with Crippen LogP contribution in [-0.4, -0.2) is 32.3 Å². The van der Waals surface area contributed by atoms with Crippen molar-refractivity contribution in [3.05, 3.63) is 129 Å². The van der Waals surface area contributed by atoms with E-state index in [-0.39, 0.29) is 41.0 Å². The van der Waals surface area contributed by atoms with Crippen LogP contribution in [0.15, 0.2) is 79.1 Å². The Kier molecular flexibility index (Phi) is 8.56. The highest BCUT2D eigenvalue weighted by atomic mass is 35.5. The van der Waals surface area contributed by atoms with Crippen molar-refractivity contribution in [1.82, 2.24) is 24.6 Å². The molecule has 3 aromatic heterocycles. The van der Waals surface area contributed by atoms with Gasteiger partial charge in [-0.15, -0.1) is 0 Å². The van der Waals surface area contributed by atoms with E-state index in [1.807, 2.05) is 41.8 Å². The number of pyridine rings is 1. The molecule has 0 aliphatic carbocycles. The number of amides is 2. The highest BCUT2D eigenvalue weighted by Crippen LogP contribution is 2.26. The molecule has 0 fully saturated rings. The first-order chi connectivity index (χ1) is 20.8. The van der Waals surface area contributed by atoms with Crippen molar-refractivity contribution in [2.24, 2.45) is 0 Å². The van der Waals surface area contributed by atoms with Crippen molar-refractivity contribution >= 4 is 29.1 Å². The number of carbonyl (C=O) groups is 2. The average Bonchev–Trinajstić information content (AvgIpc) is 3.60. The summed E-state index contributed by atoms with van der Waals surface area (Å²) in [5.41, 5.74) is 4.20. The zero-order valence-electron chi connectivity index (χ0n) is 23.4. The molecule has 0 spiro atoms. The summed E-state index contributed by atoms with van der Waals surface area (Å²) < 4.78 is 17.7. The van der Waals surface area contributed by atoms with E-state index < -0.39 is 17.8 Å². The number of imidazole rings is 1. The number of nitrogens with zero attached hydrogens (tertiary/aromatic N) is 4. The molecule has 0 radical (unpaired) electrons. The maximum atomic E-state index is 14.3. The smallest absolute Gasteiger partial charge is 0.268 e. The van der Waals surface area contributed by atoms with Gasteiger partial charge in [-0.05, 0) is 73.9 Å². The lowest BCUT2D eigenvalue weighted by Crippen LogP contribution is -2.32. The third kappa shape index (κ3) is 6.28. The number of benzene rings is 2. The third-order valence-corrected chi connectivity index (χ3v) is 7.30. The second-order valence-electron chi connectivity index (χ2n) is 9.81. The van der Waals surface area contributed by atoms with Crippen LogP contribution in [0, 0.1) is 35.9 Å². The Labute approximate surface area is 252 Å². The minimum Gasteiger partial charge on any atom is -0.350 e. The fourth-order valence-corrected chi connectivity index (χ4v) is 5.04. The lowest BCUT2D eigenvalue weighted by molar-refractivity contribution is 0.0930. The molecule has 0 saturated heterocycles. The number of nitrogens with one attached hydrogen (secondary N) is 2. The van der Waals surface area contributed by atoms with Crippen LogP contribution in [0.25, 0.3) is 5.65 Å². The van der Waals surface area contributed by atoms with Crippen LogP contribution in [0.5, 0.6) is 0 Å². The first kappa shape index (κ1) is 29.1. The maximum absolute atomic E-state index is 14.3. The largest absolute Gasteiger partial charge is 0.350 e. The predicted octanol–water partition coefficient (Wildman–Crippen LogP) is 5.43. The highest BCUT2D eigenvalue weighted by Gasteiger charge is 2.21. The van der Waals surface area contributed by atoms with Crippen LogP contribution < -0.4 is 10.6 Å². The topological polar surface area (TPSA) is 104 Å². The van der Waals surface area contributed by atoms with Crippen LogP contribution in [0.3, 0.4) is 0 Å². The van der Waals surface area contributed by atoms with Crippen LogP contribution in [0.1, 0.15) is 61.9 Å².